The molecule has 0 saturated heterocycles. The third kappa shape index (κ3) is 1.83. The largest absolute Gasteiger partial charge is 0.284 e. The van der Waals surface area contributed by atoms with Gasteiger partial charge in [0, 0.05) is 11.4 Å². The number of carbonyl (C=O) groups excluding carboxylic acids is 1. The number of thiophene rings is 1. The SMILES string of the molecule is CCn1ncnc1C(=O)c1ccc(C)s1. The third-order valence-electron chi connectivity index (χ3n) is 2.08. The molecule has 0 amide bonds. The maximum Gasteiger partial charge on any atom is 0.239 e. The van der Waals surface area contributed by atoms with Crippen LogP contribution in [0.4, 0.5) is 0 Å². The minimum Gasteiger partial charge on any atom is -0.284 e. The second-order valence-corrected chi connectivity index (χ2v) is 4.43. The summed E-state index contributed by atoms with van der Waals surface area (Å²) in [6.45, 7) is 4.57. The van der Waals surface area contributed by atoms with E-state index in [9.17, 15) is 4.79 Å². The lowest BCUT2D eigenvalue weighted by molar-refractivity contribution is 0.102. The molecule has 2 rings (SSSR count). The average Bonchev–Trinajstić information content (AvgIpc) is 2.84. The Bertz CT molecular complexity index is 486. The molecule has 0 aromatic carbocycles. The molecule has 0 aliphatic rings. The molecule has 78 valence electrons. The highest BCUT2D eigenvalue weighted by molar-refractivity contribution is 7.14. The van der Waals surface area contributed by atoms with Crippen LogP contribution in [0.3, 0.4) is 0 Å². The summed E-state index contributed by atoms with van der Waals surface area (Å²) in [6, 6.07) is 3.77. The molecule has 0 unspecified atom stereocenters. The van der Waals surface area contributed by atoms with Crippen LogP contribution in [-0.2, 0) is 6.54 Å². The van der Waals surface area contributed by atoms with Crippen molar-refractivity contribution in [1.82, 2.24) is 14.8 Å². The van der Waals surface area contributed by atoms with Crippen molar-refractivity contribution in [2.24, 2.45) is 0 Å². The normalized spacial score (nSPS) is 10.5. The van der Waals surface area contributed by atoms with E-state index in [1.165, 1.54) is 17.7 Å². The van der Waals surface area contributed by atoms with Crippen LogP contribution in [0.1, 0.15) is 27.3 Å². The average molecular weight is 221 g/mol. The van der Waals surface area contributed by atoms with Gasteiger partial charge in [-0.25, -0.2) is 9.67 Å². The van der Waals surface area contributed by atoms with E-state index in [1.54, 1.807) is 4.68 Å². The van der Waals surface area contributed by atoms with E-state index in [-0.39, 0.29) is 5.78 Å². The molecule has 0 bridgehead atoms. The number of carbonyl (C=O) groups is 1. The maximum absolute atomic E-state index is 12.0. The lowest BCUT2D eigenvalue weighted by atomic mass is 10.3. The van der Waals surface area contributed by atoms with E-state index >= 15 is 0 Å². The predicted molar refractivity (Wildman–Crippen MR) is 58.2 cm³/mol. The minimum atomic E-state index is -0.0487. The van der Waals surface area contributed by atoms with Crippen LogP contribution < -0.4 is 0 Å². The van der Waals surface area contributed by atoms with Crippen molar-refractivity contribution in [1.29, 1.82) is 0 Å². The van der Waals surface area contributed by atoms with E-state index in [1.807, 2.05) is 26.0 Å². The molecule has 0 radical (unpaired) electrons. The monoisotopic (exact) mass is 221 g/mol. The van der Waals surface area contributed by atoms with Crippen LogP contribution in [0.25, 0.3) is 0 Å². The first-order valence-electron chi connectivity index (χ1n) is 4.71. The first kappa shape index (κ1) is 10.0. The summed E-state index contributed by atoms with van der Waals surface area (Å²) in [7, 11) is 0. The number of hydrogen-bond donors (Lipinski definition) is 0. The quantitative estimate of drug-likeness (QED) is 0.744. The van der Waals surface area contributed by atoms with Gasteiger partial charge < -0.3 is 0 Å². The second kappa shape index (κ2) is 3.94. The summed E-state index contributed by atoms with van der Waals surface area (Å²) in [5.41, 5.74) is 0. The standard InChI is InChI=1S/C10H11N3OS/c1-3-13-10(11-6-12-13)9(14)8-5-4-7(2)15-8/h4-6H,3H2,1-2H3. The molecule has 0 N–H and O–H groups in total. The summed E-state index contributed by atoms with van der Waals surface area (Å²) in [6.07, 6.45) is 1.41. The Labute approximate surface area is 91.6 Å². The van der Waals surface area contributed by atoms with E-state index in [4.69, 9.17) is 0 Å². The number of nitrogens with zero attached hydrogens (tertiary/aromatic N) is 3. The Hall–Kier alpha value is -1.49. The number of aryl methyl sites for hydroxylation is 2. The highest BCUT2D eigenvalue weighted by atomic mass is 32.1. The van der Waals surface area contributed by atoms with E-state index in [0.29, 0.717) is 12.4 Å². The molecule has 0 saturated carbocycles. The van der Waals surface area contributed by atoms with Gasteiger partial charge in [0.1, 0.15) is 6.33 Å². The van der Waals surface area contributed by atoms with Gasteiger partial charge in [0.05, 0.1) is 4.88 Å². The lowest BCUT2D eigenvalue weighted by Gasteiger charge is -1.99. The van der Waals surface area contributed by atoms with Crippen LogP contribution in [-0.4, -0.2) is 20.5 Å². The fourth-order valence-corrected chi connectivity index (χ4v) is 2.14. The highest BCUT2D eigenvalue weighted by Gasteiger charge is 2.16. The van der Waals surface area contributed by atoms with E-state index in [0.717, 1.165) is 9.75 Å². The van der Waals surface area contributed by atoms with Crippen molar-refractivity contribution in [3.8, 4) is 0 Å². The molecular formula is C10H11N3OS. The second-order valence-electron chi connectivity index (χ2n) is 3.14. The zero-order valence-corrected chi connectivity index (χ0v) is 9.41. The zero-order chi connectivity index (χ0) is 10.8. The van der Waals surface area contributed by atoms with Crippen LogP contribution in [0.5, 0.6) is 0 Å². The van der Waals surface area contributed by atoms with Gasteiger partial charge in [-0.05, 0) is 26.0 Å². The van der Waals surface area contributed by atoms with Gasteiger partial charge in [-0.15, -0.1) is 11.3 Å². The van der Waals surface area contributed by atoms with Gasteiger partial charge in [-0.1, -0.05) is 0 Å². The van der Waals surface area contributed by atoms with Crippen molar-refractivity contribution in [2.75, 3.05) is 0 Å². The Morgan fingerprint density at radius 2 is 2.33 bits per heavy atom. The van der Waals surface area contributed by atoms with Crippen LogP contribution >= 0.6 is 11.3 Å². The van der Waals surface area contributed by atoms with Crippen LogP contribution in [0.2, 0.25) is 0 Å². The van der Waals surface area contributed by atoms with Crippen LogP contribution in [0, 0.1) is 6.92 Å². The first-order chi connectivity index (χ1) is 7.22. The number of hydrogen-bond acceptors (Lipinski definition) is 4. The van der Waals surface area contributed by atoms with Gasteiger partial charge in [0.25, 0.3) is 0 Å². The molecule has 2 heterocycles. The number of rotatable bonds is 3. The Balaban J connectivity index is 2.36. The molecular weight excluding hydrogens is 210 g/mol. The third-order valence-corrected chi connectivity index (χ3v) is 3.08. The van der Waals surface area contributed by atoms with E-state index < -0.39 is 0 Å². The zero-order valence-electron chi connectivity index (χ0n) is 8.60. The fourth-order valence-electron chi connectivity index (χ4n) is 1.34. The Morgan fingerprint density at radius 1 is 1.53 bits per heavy atom. The summed E-state index contributed by atoms with van der Waals surface area (Å²) >= 11 is 1.48. The smallest absolute Gasteiger partial charge is 0.239 e. The van der Waals surface area contributed by atoms with Crippen molar-refractivity contribution in [2.45, 2.75) is 20.4 Å². The molecule has 2 aromatic heterocycles. The van der Waals surface area contributed by atoms with Gasteiger partial charge in [-0.3, -0.25) is 4.79 Å². The van der Waals surface area contributed by atoms with Crippen LogP contribution in [0.15, 0.2) is 18.5 Å². The molecule has 0 aliphatic heterocycles. The lowest BCUT2D eigenvalue weighted by Crippen LogP contribution is -2.10. The Morgan fingerprint density at radius 3 is 2.93 bits per heavy atom. The molecule has 15 heavy (non-hydrogen) atoms. The maximum atomic E-state index is 12.0. The predicted octanol–water partition coefficient (Wildman–Crippen LogP) is 1.90. The van der Waals surface area contributed by atoms with Crippen molar-refractivity contribution >= 4 is 17.1 Å². The Kier molecular flexibility index (Phi) is 2.64. The molecule has 0 aliphatic carbocycles. The van der Waals surface area contributed by atoms with Gasteiger partial charge in [0.2, 0.25) is 5.78 Å². The minimum absolute atomic E-state index is 0.0487. The van der Waals surface area contributed by atoms with Crippen molar-refractivity contribution in [3.63, 3.8) is 0 Å². The van der Waals surface area contributed by atoms with Gasteiger partial charge in [-0.2, -0.15) is 5.10 Å². The topological polar surface area (TPSA) is 47.8 Å². The summed E-state index contributed by atoms with van der Waals surface area (Å²) in [5.74, 6) is 0.367. The summed E-state index contributed by atoms with van der Waals surface area (Å²) < 4.78 is 1.61. The molecule has 5 heteroatoms. The number of aromatic nitrogens is 3. The van der Waals surface area contributed by atoms with Gasteiger partial charge >= 0.3 is 0 Å². The molecule has 0 spiro atoms. The first-order valence-corrected chi connectivity index (χ1v) is 5.53. The van der Waals surface area contributed by atoms with E-state index in [2.05, 4.69) is 10.1 Å². The molecule has 2 aromatic rings. The molecule has 4 nitrogen and oxygen atoms in total. The van der Waals surface area contributed by atoms with Crippen molar-refractivity contribution < 1.29 is 4.79 Å². The molecule has 0 fully saturated rings. The number of ketones is 1. The fraction of sp³-hybridized carbons (Fsp3) is 0.300. The summed E-state index contributed by atoms with van der Waals surface area (Å²) in [4.78, 5) is 17.8. The van der Waals surface area contributed by atoms with Gasteiger partial charge in [0.15, 0.2) is 5.82 Å². The van der Waals surface area contributed by atoms with Crippen molar-refractivity contribution in [3.05, 3.63) is 34.0 Å². The highest BCUT2D eigenvalue weighted by Crippen LogP contribution is 2.17. The summed E-state index contributed by atoms with van der Waals surface area (Å²) in [5, 5.41) is 3.98. The molecule has 0 atom stereocenters.